The molecular formula is C31H19F2N3O5. The Labute approximate surface area is 230 Å². The number of aromatic carboxylic acids is 1. The fourth-order valence-electron chi connectivity index (χ4n) is 5.31. The number of carboxylic acid groups (broad SMARTS) is 1. The third kappa shape index (κ3) is 3.75. The molecule has 3 aromatic carbocycles. The van der Waals surface area contributed by atoms with E-state index in [4.69, 9.17) is 9.15 Å². The van der Waals surface area contributed by atoms with Crippen LogP contribution in [0.1, 0.15) is 20.7 Å². The molecule has 6 aromatic rings. The van der Waals surface area contributed by atoms with E-state index in [1.807, 2.05) is 34.9 Å². The minimum Gasteiger partial charge on any atom is -0.478 e. The molecule has 0 bridgehead atoms. The minimum atomic E-state index is -1.34. The number of furan rings is 1. The number of rotatable bonds is 4. The molecule has 1 aliphatic heterocycles. The van der Waals surface area contributed by atoms with E-state index in [0.29, 0.717) is 17.0 Å². The largest absolute Gasteiger partial charge is 0.478 e. The zero-order valence-electron chi connectivity index (χ0n) is 21.4. The van der Waals surface area contributed by atoms with E-state index in [2.05, 4.69) is 10.3 Å². The Balaban J connectivity index is 1.49. The molecule has 1 amide bonds. The number of carbonyl (C=O) groups is 2. The molecule has 0 saturated heterocycles. The molecule has 0 radical (unpaired) electrons. The van der Waals surface area contributed by atoms with Gasteiger partial charge in [-0.25, -0.2) is 18.6 Å². The van der Waals surface area contributed by atoms with E-state index >= 15 is 4.39 Å². The Bertz CT molecular complexity index is 2060. The fourth-order valence-corrected chi connectivity index (χ4v) is 5.31. The Morgan fingerprint density at radius 3 is 2.54 bits per heavy atom. The molecule has 7 rings (SSSR count). The van der Waals surface area contributed by atoms with Gasteiger partial charge >= 0.3 is 5.97 Å². The average molecular weight is 552 g/mol. The van der Waals surface area contributed by atoms with E-state index in [9.17, 15) is 19.1 Å². The number of nitrogens with zero attached hydrogens (tertiary/aromatic N) is 2. The maximum absolute atomic E-state index is 15.6. The molecule has 3 aromatic heterocycles. The van der Waals surface area contributed by atoms with Crippen LogP contribution < -0.4 is 10.1 Å². The van der Waals surface area contributed by atoms with Gasteiger partial charge in [0.15, 0.2) is 18.3 Å². The summed E-state index contributed by atoms with van der Waals surface area (Å²) in [7, 11) is 1.44. The monoisotopic (exact) mass is 551 g/mol. The summed E-state index contributed by atoms with van der Waals surface area (Å²) in [6.45, 7) is 0.166. The lowest BCUT2D eigenvalue weighted by Gasteiger charge is -2.21. The number of hydrogen-bond acceptors (Lipinski definition) is 5. The molecule has 0 aliphatic carbocycles. The van der Waals surface area contributed by atoms with Gasteiger partial charge in [-0.05, 0) is 48.5 Å². The number of amides is 1. The van der Waals surface area contributed by atoms with Crippen LogP contribution in [0.2, 0.25) is 0 Å². The number of ether oxygens (including phenoxy) is 1. The highest BCUT2D eigenvalue weighted by atomic mass is 19.1. The smallest absolute Gasteiger partial charge is 0.336 e. The van der Waals surface area contributed by atoms with Crippen LogP contribution >= 0.6 is 0 Å². The highest BCUT2D eigenvalue weighted by Crippen LogP contribution is 2.42. The molecule has 41 heavy (non-hydrogen) atoms. The lowest BCUT2D eigenvalue weighted by molar-refractivity contribution is 0.0697. The van der Waals surface area contributed by atoms with Gasteiger partial charge in [0, 0.05) is 35.0 Å². The summed E-state index contributed by atoms with van der Waals surface area (Å²) in [4.78, 5) is 30.0. The second kappa shape index (κ2) is 9.02. The number of halogens is 2. The molecule has 8 nitrogen and oxygen atoms in total. The summed E-state index contributed by atoms with van der Waals surface area (Å²) in [5, 5.41) is 13.9. The second-order valence-electron chi connectivity index (χ2n) is 9.55. The first-order valence-electron chi connectivity index (χ1n) is 12.6. The predicted octanol–water partition coefficient (Wildman–Crippen LogP) is 6.47. The van der Waals surface area contributed by atoms with Gasteiger partial charge in [0.1, 0.15) is 28.5 Å². The summed E-state index contributed by atoms with van der Waals surface area (Å²) in [6, 6.07) is 18.7. The summed E-state index contributed by atoms with van der Waals surface area (Å²) < 4.78 is 42.9. The van der Waals surface area contributed by atoms with Crippen LogP contribution in [0.15, 0.2) is 77.2 Å². The van der Waals surface area contributed by atoms with Gasteiger partial charge in [-0.3, -0.25) is 4.79 Å². The third-order valence-electron chi connectivity index (χ3n) is 7.22. The first kappa shape index (κ1) is 24.5. The number of benzene rings is 3. The number of carboxylic acids is 1. The number of para-hydroxylation sites is 1. The SMILES string of the molecule is CNC(=O)c1c(-c2ccc(F)cc2)oc2cc(C(=O)O)c(-c3nc4c(cc3F)OCn3c-4cc4ccccc43)cc12. The number of pyridine rings is 1. The van der Waals surface area contributed by atoms with E-state index < -0.39 is 23.5 Å². The van der Waals surface area contributed by atoms with Crippen molar-refractivity contribution in [1.82, 2.24) is 14.9 Å². The fraction of sp³-hybridized carbons (Fsp3) is 0.0645. The van der Waals surface area contributed by atoms with Gasteiger partial charge in [0.25, 0.3) is 5.91 Å². The van der Waals surface area contributed by atoms with Crippen LogP contribution in [0.3, 0.4) is 0 Å². The summed E-state index contributed by atoms with van der Waals surface area (Å²) in [6.07, 6.45) is 0. The van der Waals surface area contributed by atoms with Gasteiger partial charge < -0.3 is 24.1 Å². The Hall–Kier alpha value is -5.51. The molecule has 0 fully saturated rings. The highest BCUT2D eigenvalue weighted by molar-refractivity contribution is 6.13. The number of aromatic nitrogens is 2. The van der Waals surface area contributed by atoms with E-state index in [1.165, 1.54) is 49.5 Å². The quantitative estimate of drug-likeness (QED) is 0.260. The molecule has 4 heterocycles. The topological polar surface area (TPSA) is 107 Å². The van der Waals surface area contributed by atoms with Crippen LogP contribution in [-0.2, 0) is 6.73 Å². The van der Waals surface area contributed by atoms with Gasteiger partial charge in [0.05, 0.1) is 22.3 Å². The Morgan fingerprint density at radius 2 is 1.78 bits per heavy atom. The van der Waals surface area contributed by atoms with E-state index in [-0.39, 0.29) is 51.6 Å². The first-order valence-corrected chi connectivity index (χ1v) is 12.6. The third-order valence-corrected chi connectivity index (χ3v) is 7.22. The molecule has 0 spiro atoms. The molecular weight excluding hydrogens is 532 g/mol. The minimum absolute atomic E-state index is 0.0462. The number of carbonyl (C=O) groups excluding carboxylic acids is 1. The molecule has 0 unspecified atom stereocenters. The van der Waals surface area contributed by atoms with E-state index in [1.54, 1.807) is 0 Å². The molecule has 202 valence electrons. The van der Waals surface area contributed by atoms with Crippen LogP contribution in [0.25, 0.3) is 55.8 Å². The van der Waals surface area contributed by atoms with Crippen LogP contribution in [0, 0.1) is 11.6 Å². The van der Waals surface area contributed by atoms with Gasteiger partial charge in [-0.2, -0.15) is 0 Å². The summed E-state index contributed by atoms with van der Waals surface area (Å²) in [5.74, 6) is -2.78. The van der Waals surface area contributed by atoms with Gasteiger partial charge in [-0.15, -0.1) is 0 Å². The maximum atomic E-state index is 15.6. The number of hydrogen-bond donors (Lipinski definition) is 2. The average Bonchev–Trinajstić information content (AvgIpc) is 3.54. The van der Waals surface area contributed by atoms with Crippen LogP contribution in [0.5, 0.6) is 5.75 Å². The maximum Gasteiger partial charge on any atom is 0.336 e. The van der Waals surface area contributed by atoms with Crippen molar-refractivity contribution in [2.75, 3.05) is 7.05 Å². The Morgan fingerprint density at radius 1 is 1.00 bits per heavy atom. The normalized spacial score (nSPS) is 12.2. The van der Waals surface area contributed by atoms with Crippen molar-refractivity contribution in [1.29, 1.82) is 0 Å². The van der Waals surface area contributed by atoms with Crippen molar-refractivity contribution in [3.63, 3.8) is 0 Å². The van der Waals surface area contributed by atoms with Crippen molar-refractivity contribution in [3.8, 4) is 39.7 Å². The van der Waals surface area contributed by atoms with E-state index in [0.717, 1.165) is 10.9 Å². The van der Waals surface area contributed by atoms with Crippen molar-refractivity contribution in [2.45, 2.75) is 6.73 Å². The lowest BCUT2D eigenvalue weighted by Crippen LogP contribution is -2.18. The van der Waals surface area contributed by atoms with Gasteiger partial charge in [0.2, 0.25) is 0 Å². The van der Waals surface area contributed by atoms with Crippen LogP contribution in [-0.4, -0.2) is 33.6 Å². The second-order valence-corrected chi connectivity index (χ2v) is 9.55. The van der Waals surface area contributed by atoms with Crippen molar-refractivity contribution in [2.24, 2.45) is 0 Å². The molecule has 2 N–H and O–H groups in total. The summed E-state index contributed by atoms with van der Waals surface area (Å²) in [5.41, 5.74) is 2.00. The predicted molar refractivity (Wildman–Crippen MR) is 147 cm³/mol. The van der Waals surface area contributed by atoms with Crippen LogP contribution in [0.4, 0.5) is 8.78 Å². The Kier molecular flexibility index (Phi) is 5.40. The highest BCUT2D eigenvalue weighted by Gasteiger charge is 2.29. The molecule has 10 heteroatoms. The van der Waals surface area contributed by atoms with Gasteiger partial charge in [-0.1, -0.05) is 18.2 Å². The number of fused-ring (bicyclic) bond motifs is 6. The zero-order valence-corrected chi connectivity index (χ0v) is 21.4. The number of nitrogens with one attached hydrogen (secondary N) is 1. The first-order chi connectivity index (χ1) is 19.8. The molecule has 0 saturated carbocycles. The lowest BCUT2D eigenvalue weighted by atomic mass is 9.97. The van der Waals surface area contributed by atoms with Crippen molar-refractivity contribution in [3.05, 3.63) is 95.6 Å². The van der Waals surface area contributed by atoms with Crippen molar-refractivity contribution < 1.29 is 32.6 Å². The summed E-state index contributed by atoms with van der Waals surface area (Å²) >= 11 is 0. The molecule has 0 atom stereocenters. The zero-order chi connectivity index (χ0) is 28.4. The molecule has 1 aliphatic rings. The van der Waals surface area contributed by atoms with Crippen molar-refractivity contribution >= 4 is 33.7 Å². The standard InChI is InChI=1S/C31H19F2N3O5/c1-34-30(37)26-20-11-18(19(31(38)39)12-24(20)41-29(26)15-6-8-17(32)9-7-15)27-21(33)13-25-28(35-27)23-10-16-4-2-3-5-22(16)36(23)14-40-25/h2-13H,14H2,1H3,(H,34,37)(H,38,39).